The third kappa shape index (κ3) is 2.30. The standard InChI is InChI=1S/C14H24N4/c1-11-16-17-14(13-9-5-6-10-15-13)18(11)12-7-3-2-4-8-12/h12-13,15H,2-10H2,1H3. The molecule has 100 valence electrons. The number of nitrogens with zero attached hydrogens (tertiary/aromatic N) is 3. The van der Waals surface area contributed by atoms with Gasteiger partial charge in [-0.3, -0.25) is 0 Å². The summed E-state index contributed by atoms with van der Waals surface area (Å²) >= 11 is 0. The maximum atomic E-state index is 4.47. The van der Waals surface area contributed by atoms with Gasteiger partial charge in [-0.25, -0.2) is 0 Å². The van der Waals surface area contributed by atoms with E-state index in [9.17, 15) is 0 Å². The topological polar surface area (TPSA) is 42.7 Å². The van der Waals surface area contributed by atoms with Gasteiger partial charge in [-0.2, -0.15) is 0 Å². The zero-order valence-corrected chi connectivity index (χ0v) is 11.4. The maximum Gasteiger partial charge on any atom is 0.150 e. The van der Waals surface area contributed by atoms with Gasteiger partial charge >= 0.3 is 0 Å². The van der Waals surface area contributed by atoms with Crippen molar-refractivity contribution in [2.24, 2.45) is 0 Å². The molecule has 0 aromatic carbocycles. The van der Waals surface area contributed by atoms with Crippen molar-refractivity contribution in [2.45, 2.75) is 70.4 Å². The molecule has 1 aliphatic heterocycles. The molecule has 1 saturated heterocycles. The number of hydrogen-bond acceptors (Lipinski definition) is 3. The van der Waals surface area contributed by atoms with E-state index in [1.165, 1.54) is 57.2 Å². The van der Waals surface area contributed by atoms with Crippen LogP contribution < -0.4 is 5.32 Å². The van der Waals surface area contributed by atoms with Gasteiger partial charge in [0, 0.05) is 6.04 Å². The average Bonchev–Trinajstić information content (AvgIpc) is 2.83. The van der Waals surface area contributed by atoms with E-state index in [0.717, 1.165) is 12.4 Å². The predicted molar refractivity (Wildman–Crippen MR) is 71.5 cm³/mol. The molecule has 18 heavy (non-hydrogen) atoms. The smallest absolute Gasteiger partial charge is 0.150 e. The van der Waals surface area contributed by atoms with E-state index in [-0.39, 0.29) is 0 Å². The zero-order chi connectivity index (χ0) is 12.4. The highest BCUT2D eigenvalue weighted by molar-refractivity contribution is 5.04. The Hall–Kier alpha value is -0.900. The number of aryl methyl sites for hydroxylation is 1. The lowest BCUT2D eigenvalue weighted by Crippen LogP contribution is -2.30. The summed E-state index contributed by atoms with van der Waals surface area (Å²) in [5.41, 5.74) is 0. The lowest BCUT2D eigenvalue weighted by molar-refractivity contribution is 0.316. The Kier molecular flexibility index (Phi) is 3.64. The Balaban J connectivity index is 1.85. The number of rotatable bonds is 2. The largest absolute Gasteiger partial charge is 0.311 e. The molecule has 1 N–H and O–H groups in total. The summed E-state index contributed by atoms with van der Waals surface area (Å²) in [6.07, 6.45) is 10.6. The molecule has 1 saturated carbocycles. The molecular weight excluding hydrogens is 224 g/mol. The zero-order valence-electron chi connectivity index (χ0n) is 11.4. The fraction of sp³-hybridized carbons (Fsp3) is 0.857. The van der Waals surface area contributed by atoms with Crippen LogP contribution in [0, 0.1) is 6.92 Å². The van der Waals surface area contributed by atoms with Crippen LogP contribution in [0.1, 0.15) is 75.1 Å². The molecule has 2 aliphatic rings. The van der Waals surface area contributed by atoms with Gasteiger partial charge in [0.25, 0.3) is 0 Å². The minimum atomic E-state index is 0.432. The summed E-state index contributed by atoms with van der Waals surface area (Å²) in [6.45, 7) is 3.23. The molecule has 1 unspecified atom stereocenters. The monoisotopic (exact) mass is 248 g/mol. The van der Waals surface area contributed by atoms with Crippen LogP contribution in [0.4, 0.5) is 0 Å². The number of hydrogen-bond donors (Lipinski definition) is 1. The summed E-state index contributed by atoms with van der Waals surface area (Å²) < 4.78 is 2.43. The molecule has 4 nitrogen and oxygen atoms in total. The highest BCUT2D eigenvalue weighted by Gasteiger charge is 2.26. The van der Waals surface area contributed by atoms with Crippen molar-refractivity contribution in [3.05, 3.63) is 11.6 Å². The number of piperidine rings is 1. The SMILES string of the molecule is Cc1nnc(C2CCCCN2)n1C1CCCCC1. The molecule has 1 atom stereocenters. The van der Waals surface area contributed by atoms with Gasteiger partial charge in [-0.1, -0.05) is 25.7 Å². The molecule has 2 heterocycles. The van der Waals surface area contributed by atoms with Crippen LogP contribution in [0.25, 0.3) is 0 Å². The minimum Gasteiger partial charge on any atom is -0.311 e. The fourth-order valence-electron chi connectivity index (χ4n) is 3.49. The van der Waals surface area contributed by atoms with E-state index in [1.54, 1.807) is 0 Å². The third-order valence-electron chi connectivity index (χ3n) is 4.45. The van der Waals surface area contributed by atoms with E-state index >= 15 is 0 Å². The molecular formula is C14H24N4. The van der Waals surface area contributed by atoms with Crippen molar-refractivity contribution in [1.82, 2.24) is 20.1 Å². The third-order valence-corrected chi connectivity index (χ3v) is 4.45. The van der Waals surface area contributed by atoms with Gasteiger partial charge in [-0.05, 0) is 39.2 Å². The van der Waals surface area contributed by atoms with Crippen molar-refractivity contribution in [3.8, 4) is 0 Å². The summed E-state index contributed by atoms with van der Waals surface area (Å²) in [5.74, 6) is 2.29. The second kappa shape index (κ2) is 5.39. The van der Waals surface area contributed by atoms with Crippen molar-refractivity contribution in [1.29, 1.82) is 0 Å². The molecule has 1 aromatic heterocycles. The van der Waals surface area contributed by atoms with Crippen LogP contribution in [-0.4, -0.2) is 21.3 Å². The van der Waals surface area contributed by atoms with Crippen LogP contribution in [0.5, 0.6) is 0 Å². The molecule has 3 rings (SSSR count). The molecule has 0 spiro atoms. The van der Waals surface area contributed by atoms with Gasteiger partial charge in [0.1, 0.15) is 11.6 Å². The lowest BCUT2D eigenvalue weighted by atomic mass is 9.94. The summed E-state index contributed by atoms with van der Waals surface area (Å²) in [7, 11) is 0. The first-order chi connectivity index (χ1) is 8.86. The first-order valence-electron chi connectivity index (χ1n) is 7.51. The Morgan fingerprint density at radius 2 is 1.78 bits per heavy atom. The second-order valence-corrected chi connectivity index (χ2v) is 5.77. The van der Waals surface area contributed by atoms with Crippen LogP contribution in [0.3, 0.4) is 0 Å². The first-order valence-corrected chi connectivity index (χ1v) is 7.51. The number of aromatic nitrogens is 3. The Morgan fingerprint density at radius 3 is 2.50 bits per heavy atom. The Bertz CT molecular complexity index is 386. The van der Waals surface area contributed by atoms with Crippen molar-refractivity contribution < 1.29 is 0 Å². The van der Waals surface area contributed by atoms with E-state index in [0.29, 0.717) is 12.1 Å². The van der Waals surface area contributed by atoms with Crippen molar-refractivity contribution >= 4 is 0 Å². The van der Waals surface area contributed by atoms with Crippen molar-refractivity contribution in [3.63, 3.8) is 0 Å². The van der Waals surface area contributed by atoms with E-state index in [4.69, 9.17) is 0 Å². The average molecular weight is 248 g/mol. The quantitative estimate of drug-likeness (QED) is 0.875. The van der Waals surface area contributed by atoms with Crippen LogP contribution in [0.15, 0.2) is 0 Å². The van der Waals surface area contributed by atoms with Crippen LogP contribution in [-0.2, 0) is 0 Å². The van der Waals surface area contributed by atoms with Crippen LogP contribution in [0.2, 0.25) is 0 Å². The van der Waals surface area contributed by atoms with E-state index in [2.05, 4.69) is 27.0 Å². The normalized spacial score (nSPS) is 26.4. The minimum absolute atomic E-state index is 0.432. The molecule has 4 heteroatoms. The Morgan fingerprint density at radius 1 is 1.00 bits per heavy atom. The van der Waals surface area contributed by atoms with Gasteiger partial charge in [0.05, 0.1) is 6.04 Å². The number of nitrogens with one attached hydrogen (secondary N) is 1. The second-order valence-electron chi connectivity index (χ2n) is 5.77. The van der Waals surface area contributed by atoms with Crippen LogP contribution >= 0.6 is 0 Å². The lowest BCUT2D eigenvalue weighted by Gasteiger charge is -2.29. The van der Waals surface area contributed by atoms with Gasteiger partial charge in [0.15, 0.2) is 0 Å². The summed E-state index contributed by atoms with van der Waals surface area (Å²) in [6, 6.07) is 1.08. The van der Waals surface area contributed by atoms with Gasteiger partial charge in [0.2, 0.25) is 0 Å². The molecule has 1 aliphatic carbocycles. The molecule has 0 bridgehead atoms. The van der Waals surface area contributed by atoms with Crippen molar-refractivity contribution in [2.75, 3.05) is 6.54 Å². The fourth-order valence-corrected chi connectivity index (χ4v) is 3.49. The summed E-state index contributed by atoms with van der Waals surface area (Å²) in [5, 5.41) is 12.4. The highest BCUT2D eigenvalue weighted by atomic mass is 15.3. The Labute approximate surface area is 109 Å². The molecule has 1 aromatic rings. The molecule has 0 radical (unpaired) electrons. The highest BCUT2D eigenvalue weighted by Crippen LogP contribution is 2.32. The van der Waals surface area contributed by atoms with E-state index < -0.39 is 0 Å². The van der Waals surface area contributed by atoms with E-state index in [1.807, 2.05) is 0 Å². The molecule has 0 amide bonds. The predicted octanol–water partition coefficient (Wildman–Crippen LogP) is 2.91. The maximum absolute atomic E-state index is 4.47. The molecule has 2 fully saturated rings. The summed E-state index contributed by atoms with van der Waals surface area (Å²) in [4.78, 5) is 0. The van der Waals surface area contributed by atoms with Gasteiger partial charge in [-0.15, -0.1) is 10.2 Å². The first kappa shape index (κ1) is 12.2. The van der Waals surface area contributed by atoms with Gasteiger partial charge < -0.3 is 9.88 Å².